The number of aryl methyl sites for hydroxylation is 1. The van der Waals surface area contributed by atoms with Gasteiger partial charge in [0.1, 0.15) is 10.6 Å². The van der Waals surface area contributed by atoms with Gasteiger partial charge in [0, 0.05) is 37.8 Å². The number of anilines is 1. The number of carbonyl (C=O) groups is 1. The number of nitrogens with one attached hydrogen (secondary N) is 1. The Bertz CT molecular complexity index is 1190. The molecule has 3 aromatic heterocycles. The van der Waals surface area contributed by atoms with Crippen LogP contribution < -0.4 is 10.2 Å². The van der Waals surface area contributed by atoms with E-state index in [1.54, 1.807) is 13.3 Å². The van der Waals surface area contributed by atoms with E-state index in [-0.39, 0.29) is 31.3 Å². The molecule has 0 saturated carbocycles. The normalized spacial score (nSPS) is 14.3. The van der Waals surface area contributed by atoms with Crippen LogP contribution in [0.2, 0.25) is 0 Å². The molecule has 13 heteroatoms. The molecule has 4 heterocycles. The summed E-state index contributed by atoms with van der Waals surface area (Å²) >= 11 is 1.50. The molecular formula is C20H23F3N8OS. The van der Waals surface area contributed by atoms with E-state index in [9.17, 15) is 18.0 Å². The molecule has 0 spiro atoms. The lowest BCUT2D eigenvalue weighted by Crippen LogP contribution is -2.36. The van der Waals surface area contributed by atoms with Crippen LogP contribution in [0.1, 0.15) is 46.9 Å². The smallest absolute Gasteiger partial charge is 0.349 e. The van der Waals surface area contributed by atoms with Crippen LogP contribution in [-0.4, -0.2) is 57.0 Å². The molecule has 0 bridgehead atoms. The van der Waals surface area contributed by atoms with Crippen molar-refractivity contribution in [3.63, 3.8) is 0 Å². The Balaban J connectivity index is 1.68. The summed E-state index contributed by atoms with van der Waals surface area (Å²) in [6, 6.07) is 2.00. The molecule has 9 nitrogen and oxygen atoms in total. The van der Waals surface area contributed by atoms with Gasteiger partial charge >= 0.3 is 6.18 Å². The van der Waals surface area contributed by atoms with Gasteiger partial charge in [-0.2, -0.15) is 13.2 Å². The maximum Gasteiger partial charge on any atom is 0.451 e. The maximum absolute atomic E-state index is 13.2. The number of nitrogens with zero attached hydrogens (tertiary/aromatic N) is 7. The van der Waals surface area contributed by atoms with Gasteiger partial charge in [0.05, 0.1) is 11.9 Å². The van der Waals surface area contributed by atoms with E-state index < -0.39 is 17.9 Å². The molecular weight excluding hydrogens is 457 g/mol. The summed E-state index contributed by atoms with van der Waals surface area (Å²) in [5.41, 5.74) is 0. The summed E-state index contributed by atoms with van der Waals surface area (Å²) in [7, 11) is 1.66. The lowest BCUT2D eigenvalue weighted by atomic mass is 10.2. The number of halogens is 3. The van der Waals surface area contributed by atoms with Gasteiger partial charge in [-0.15, -0.1) is 21.5 Å². The monoisotopic (exact) mass is 480 g/mol. The van der Waals surface area contributed by atoms with Crippen molar-refractivity contribution in [2.75, 3.05) is 25.0 Å². The van der Waals surface area contributed by atoms with Crippen LogP contribution in [-0.2, 0) is 25.7 Å². The highest BCUT2D eigenvalue weighted by molar-refractivity contribution is 7.18. The SMILES string of the molecule is CCCc1cc2c(N3CCn4c(nnc4C(F)(F)F)C3)nc(C(=O)NCCC=NC)nc2s1. The van der Waals surface area contributed by atoms with Crippen LogP contribution in [0, 0.1) is 0 Å². The first-order chi connectivity index (χ1) is 15.8. The minimum absolute atomic E-state index is 0.0267. The number of amides is 1. The lowest BCUT2D eigenvalue weighted by Gasteiger charge is -2.29. The van der Waals surface area contributed by atoms with Crippen molar-refractivity contribution >= 4 is 39.5 Å². The molecule has 1 aliphatic heterocycles. The number of aromatic nitrogens is 5. The van der Waals surface area contributed by atoms with E-state index >= 15 is 0 Å². The first-order valence-electron chi connectivity index (χ1n) is 10.5. The van der Waals surface area contributed by atoms with E-state index in [2.05, 4.69) is 37.4 Å². The molecule has 0 fully saturated rings. The highest BCUT2D eigenvalue weighted by Crippen LogP contribution is 2.34. The average molecular weight is 481 g/mol. The first-order valence-corrected chi connectivity index (χ1v) is 11.4. The van der Waals surface area contributed by atoms with Crippen LogP contribution in [0.15, 0.2) is 11.1 Å². The predicted molar refractivity (Wildman–Crippen MR) is 119 cm³/mol. The molecule has 0 atom stereocenters. The zero-order valence-corrected chi connectivity index (χ0v) is 19.0. The minimum Gasteiger partial charge on any atom is -0.349 e. The van der Waals surface area contributed by atoms with Crippen molar-refractivity contribution < 1.29 is 18.0 Å². The zero-order chi connectivity index (χ0) is 23.6. The van der Waals surface area contributed by atoms with Crippen molar-refractivity contribution in [2.45, 2.75) is 45.5 Å². The van der Waals surface area contributed by atoms with Gasteiger partial charge in [0.2, 0.25) is 11.6 Å². The number of hydrogen-bond acceptors (Lipinski definition) is 8. The van der Waals surface area contributed by atoms with Gasteiger partial charge < -0.3 is 19.8 Å². The number of rotatable bonds is 7. The number of thiophene rings is 1. The molecule has 0 aromatic carbocycles. The molecule has 3 aromatic rings. The van der Waals surface area contributed by atoms with E-state index in [0.717, 1.165) is 27.7 Å². The van der Waals surface area contributed by atoms with Crippen LogP contribution >= 0.6 is 11.3 Å². The number of carbonyl (C=O) groups excluding carboxylic acids is 1. The van der Waals surface area contributed by atoms with Crippen LogP contribution in [0.5, 0.6) is 0 Å². The molecule has 1 aliphatic rings. The Labute approximate surface area is 191 Å². The van der Waals surface area contributed by atoms with Crippen LogP contribution in [0.3, 0.4) is 0 Å². The Morgan fingerprint density at radius 3 is 2.85 bits per heavy atom. The Morgan fingerprint density at radius 1 is 1.30 bits per heavy atom. The van der Waals surface area contributed by atoms with Crippen molar-refractivity contribution in [3.8, 4) is 0 Å². The molecule has 0 radical (unpaired) electrons. The topological polar surface area (TPSA) is 101 Å². The second-order valence-corrected chi connectivity index (χ2v) is 8.66. The average Bonchev–Trinajstić information content (AvgIpc) is 3.39. The molecule has 4 rings (SSSR count). The number of hydrogen-bond donors (Lipinski definition) is 1. The van der Waals surface area contributed by atoms with Crippen molar-refractivity contribution in [1.82, 2.24) is 30.0 Å². The molecule has 0 saturated heterocycles. The second kappa shape index (κ2) is 9.41. The summed E-state index contributed by atoms with van der Waals surface area (Å²) < 4.78 is 40.7. The summed E-state index contributed by atoms with van der Waals surface area (Å²) in [5.74, 6) is -0.663. The van der Waals surface area contributed by atoms with E-state index in [1.165, 1.54) is 11.3 Å². The van der Waals surface area contributed by atoms with Gasteiger partial charge in [-0.05, 0) is 18.9 Å². The van der Waals surface area contributed by atoms with E-state index in [1.807, 2.05) is 11.0 Å². The minimum atomic E-state index is -4.56. The van der Waals surface area contributed by atoms with Gasteiger partial charge in [0.15, 0.2) is 5.82 Å². The van der Waals surface area contributed by atoms with E-state index in [0.29, 0.717) is 23.6 Å². The molecule has 1 amide bonds. The van der Waals surface area contributed by atoms with Gasteiger partial charge in [0.25, 0.3) is 5.91 Å². The third kappa shape index (κ3) is 4.82. The van der Waals surface area contributed by atoms with Crippen molar-refractivity contribution in [3.05, 3.63) is 28.4 Å². The largest absolute Gasteiger partial charge is 0.451 e. The fourth-order valence-electron chi connectivity index (χ4n) is 3.68. The molecule has 0 aliphatic carbocycles. The second-order valence-electron chi connectivity index (χ2n) is 7.55. The van der Waals surface area contributed by atoms with Gasteiger partial charge in [-0.3, -0.25) is 4.79 Å². The van der Waals surface area contributed by atoms with Gasteiger partial charge in [-0.25, -0.2) is 9.97 Å². The van der Waals surface area contributed by atoms with Crippen molar-refractivity contribution in [2.24, 2.45) is 4.99 Å². The quantitative estimate of drug-likeness (QED) is 0.412. The van der Waals surface area contributed by atoms with E-state index in [4.69, 9.17) is 0 Å². The maximum atomic E-state index is 13.2. The standard InChI is InChI=1S/C20H23F3N8OS/c1-3-5-12-10-13-16(26-15(27-18(13)33-12)17(32)25-7-4-6-24-2)30-8-9-31-14(11-30)28-29-19(31)20(21,22)23/h6,10H,3-5,7-9,11H2,1-2H3,(H,25,32). The summed E-state index contributed by atoms with van der Waals surface area (Å²) in [6.07, 6.45) is -0.465. The zero-order valence-electron chi connectivity index (χ0n) is 18.2. The number of alkyl halides is 3. The molecule has 33 heavy (non-hydrogen) atoms. The first kappa shape index (κ1) is 23.1. The number of fused-ring (bicyclic) bond motifs is 2. The molecule has 176 valence electrons. The highest BCUT2D eigenvalue weighted by Gasteiger charge is 2.39. The number of aliphatic imine (C=N–C) groups is 1. The fourth-order valence-corrected chi connectivity index (χ4v) is 4.80. The Kier molecular flexibility index (Phi) is 6.58. The molecule has 0 unspecified atom stereocenters. The van der Waals surface area contributed by atoms with Gasteiger partial charge in [-0.1, -0.05) is 13.3 Å². The highest BCUT2D eigenvalue weighted by atomic mass is 32.1. The predicted octanol–water partition coefficient (Wildman–Crippen LogP) is 3.09. The van der Waals surface area contributed by atoms with Crippen LogP contribution in [0.4, 0.5) is 19.0 Å². The molecule has 1 N–H and O–H groups in total. The summed E-state index contributed by atoms with van der Waals surface area (Å²) in [5, 5.41) is 10.6. The lowest BCUT2D eigenvalue weighted by molar-refractivity contribution is -0.147. The Morgan fingerprint density at radius 2 is 2.12 bits per heavy atom. The van der Waals surface area contributed by atoms with Crippen molar-refractivity contribution in [1.29, 1.82) is 0 Å². The third-order valence-corrected chi connectivity index (χ3v) is 6.26. The Hall–Kier alpha value is -3.09. The fraction of sp³-hybridized carbons (Fsp3) is 0.500. The third-order valence-electron chi connectivity index (χ3n) is 5.17. The summed E-state index contributed by atoms with van der Waals surface area (Å²) in [4.78, 5) is 29.2. The van der Waals surface area contributed by atoms with Crippen LogP contribution in [0.25, 0.3) is 10.2 Å². The summed E-state index contributed by atoms with van der Waals surface area (Å²) in [6.45, 7) is 2.90.